The summed E-state index contributed by atoms with van der Waals surface area (Å²) in [5, 5.41) is 9.95. The van der Waals surface area contributed by atoms with Crippen LogP contribution in [0.4, 0.5) is 8.78 Å². The number of amides is 1. The van der Waals surface area contributed by atoms with Gasteiger partial charge in [0.1, 0.15) is 0 Å². The van der Waals surface area contributed by atoms with Crippen LogP contribution in [0.1, 0.15) is 40.6 Å². The highest BCUT2D eigenvalue weighted by atomic mass is 32.1. The van der Waals surface area contributed by atoms with Gasteiger partial charge in [-0.3, -0.25) is 4.79 Å². The number of benzene rings is 1. The van der Waals surface area contributed by atoms with Crippen LogP contribution in [0.25, 0.3) is 0 Å². The predicted octanol–water partition coefficient (Wildman–Crippen LogP) is 3.99. The molecule has 1 N–H and O–H groups in total. The van der Waals surface area contributed by atoms with Gasteiger partial charge in [-0.25, -0.2) is 8.78 Å². The van der Waals surface area contributed by atoms with Crippen molar-refractivity contribution >= 4 is 17.2 Å². The van der Waals surface area contributed by atoms with Gasteiger partial charge >= 0.3 is 0 Å². The smallest absolute Gasteiger partial charge is 0.223 e. The number of carbonyl (C=O) groups excluding carboxylic acids is 1. The number of carbonyl (C=O) groups is 1. The highest BCUT2D eigenvalue weighted by Crippen LogP contribution is 2.33. The van der Waals surface area contributed by atoms with E-state index in [1.165, 1.54) is 15.8 Å². The Balaban J connectivity index is 1.64. The molecule has 6 heteroatoms. The van der Waals surface area contributed by atoms with Crippen molar-refractivity contribution in [2.24, 2.45) is 0 Å². The van der Waals surface area contributed by atoms with Gasteiger partial charge in [0.05, 0.1) is 12.1 Å². The number of aliphatic hydroxyl groups excluding tert-OH is 1. The fourth-order valence-corrected chi connectivity index (χ4v) is 4.23. The molecular formula is C19H21F2NO2S. The number of nitrogens with zero attached hydrogens (tertiary/aromatic N) is 1. The van der Waals surface area contributed by atoms with E-state index in [1.807, 2.05) is 0 Å². The number of thiophene rings is 1. The van der Waals surface area contributed by atoms with E-state index in [9.17, 15) is 18.7 Å². The SMILES string of the molecule is Cc1ccc(CCCC(=O)N2C[C@@H](O)C[C@H]2c2ccc(F)c(F)c2)s1. The Kier molecular flexibility index (Phi) is 5.49. The van der Waals surface area contributed by atoms with Crippen LogP contribution < -0.4 is 0 Å². The van der Waals surface area contributed by atoms with E-state index < -0.39 is 23.8 Å². The van der Waals surface area contributed by atoms with Crippen molar-refractivity contribution in [1.82, 2.24) is 4.90 Å². The molecule has 1 aliphatic rings. The molecule has 25 heavy (non-hydrogen) atoms. The summed E-state index contributed by atoms with van der Waals surface area (Å²) in [7, 11) is 0. The molecule has 1 aliphatic heterocycles. The highest BCUT2D eigenvalue weighted by molar-refractivity contribution is 7.11. The van der Waals surface area contributed by atoms with Crippen molar-refractivity contribution in [3.8, 4) is 0 Å². The van der Waals surface area contributed by atoms with Gasteiger partial charge in [0.2, 0.25) is 5.91 Å². The van der Waals surface area contributed by atoms with E-state index in [-0.39, 0.29) is 12.5 Å². The summed E-state index contributed by atoms with van der Waals surface area (Å²) in [5.74, 6) is -1.90. The zero-order valence-electron chi connectivity index (χ0n) is 14.0. The molecular weight excluding hydrogens is 344 g/mol. The predicted molar refractivity (Wildman–Crippen MR) is 93.4 cm³/mol. The first-order valence-electron chi connectivity index (χ1n) is 8.42. The first-order chi connectivity index (χ1) is 11.9. The molecule has 1 aromatic heterocycles. The topological polar surface area (TPSA) is 40.5 Å². The number of rotatable bonds is 5. The van der Waals surface area contributed by atoms with Crippen LogP contribution in [0.3, 0.4) is 0 Å². The van der Waals surface area contributed by atoms with Crippen LogP contribution in [-0.4, -0.2) is 28.6 Å². The average Bonchev–Trinajstić information content (AvgIpc) is 3.16. The molecule has 1 amide bonds. The Morgan fingerprint density at radius 1 is 1.28 bits per heavy atom. The normalized spacial score (nSPS) is 20.2. The second-order valence-electron chi connectivity index (χ2n) is 6.49. The number of aryl methyl sites for hydroxylation is 2. The minimum atomic E-state index is -0.931. The third-order valence-electron chi connectivity index (χ3n) is 4.54. The molecule has 2 atom stereocenters. The fourth-order valence-electron chi connectivity index (χ4n) is 3.30. The third-order valence-corrected chi connectivity index (χ3v) is 5.60. The van der Waals surface area contributed by atoms with Crippen molar-refractivity contribution < 1.29 is 18.7 Å². The second kappa shape index (κ2) is 7.62. The van der Waals surface area contributed by atoms with Gasteiger partial charge in [-0.1, -0.05) is 6.07 Å². The molecule has 0 radical (unpaired) electrons. The lowest BCUT2D eigenvalue weighted by Gasteiger charge is -2.25. The number of likely N-dealkylation sites (tertiary alicyclic amines) is 1. The fraction of sp³-hybridized carbons (Fsp3) is 0.421. The van der Waals surface area contributed by atoms with Gasteiger partial charge in [-0.2, -0.15) is 0 Å². The van der Waals surface area contributed by atoms with Gasteiger partial charge in [-0.15, -0.1) is 11.3 Å². The molecule has 1 saturated heterocycles. The lowest BCUT2D eigenvalue weighted by molar-refractivity contribution is -0.132. The number of hydrogen-bond acceptors (Lipinski definition) is 3. The van der Waals surface area contributed by atoms with Gasteiger partial charge in [0, 0.05) is 22.7 Å². The van der Waals surface area contributed by atoms with Crippen molar-refractivity contribution in [2.45, 2.75) is 44.8 Å². The maximum absolute atomic E-state index is 13.5. The molecule has 3 rings (SSSR count). The maximum atomic E-state index is 13.5. The molecule has 0 spiro atoms. The van der Waals surface area contributed by atoms with Crippen molar-refractivity contribution in [2.75, 3.05) is 6.54 Å². The Morgan fingerprint density at radius 3 is 2.76 bits per heavy atom. The lowest BCUT2D eigenvalue weighted by Crippen LogP contribution is -2.31. The van der Waals surface area contributed by atoms with Crippen molar-refractivity contribution in [3.05, 3.63) is 57.3 Å². The second-order valence-corrected chi connectivity index (χ2v) is 7.86. The number of β-amino-alcohol motifs (C(OH)–C–C–N with tert-alkyl or cyclic N) is 1. The maximum Gasteiger partial charge on any atom is 0.223 e. The Bertz CT molecular complexity index is 762. The lowest BCUT2D eigenvalue weighted by atomic mass is 10.0. The monoisotopic (exact) mass is 365 g/mol. The third kappa shape index (κ3) is 4.25. The van der Waals surface area contributed by atoms with Gasteiger partial charge in [0.25, 0.3) is 0 Å². The van der Waals surface area contributed by atoms with E-state index in [0.717, 1.165) is 25.0 Å². The summed E-state index contributed by atoms with van der Waals surface area (Å²) >= 11 is 1.73. The molecule has 2 heterocycles. The number of hydrogen-bond donors (Lipinski definition) is 1. The van der Waals surface area contributed by atoms with E-state index in [0.29, 0.717) is 18.4 Å². The summed E-state index contributed by atoms with van der Waals surface area (Å²) in [6.07, 6.45) is 1.67. The van der Waals surface area contributed by atoms with Crippen LogP contribution >= 0.6 is 11.3 Å². The van der Waals surface area contributed by atoms with E-state index in [2.05, 4.69) is 19.1 Å². The first kappa shape index (κ1) is 18.0. The van der Waals surface area contributed by atoms with Crippen LogP contribution in [-0.2, 0) is 11.2 Å². The Morgan fingerprint density at radius 2 is 2.08 bits per heavy atom. The Labute approximate surface area is 149 Å². The standard InChI is InChI=1S/C19H21F2NO2S/c1-12-5-7-15(25-12)3-2-4-19(24)22-11-14(23)10-18(22)13-6-8-16(20)17(21)9-13/h5-9,14,18,23H,2-4,10-11H2,1H3/t14-,18-/m0/s1. The molecule has 1 fully saturated rings. The van der Waals surface area contributed by atoms with Crippen molar-refractivity contribution in [1.29, 1.82) is 0 Å². The van der Waals surface area contributed by atoms with Gasteiger partial charge in [-0.05, 0) is 56.0 Å². The number of halogens is 2. The van der Waals surface area contributed by atoms with Crippen LogP contribution in [0, 0.1) is 18.6 Å². The largest absolute Gasteiger partial charge is 0.391 e. The highest BCUT2D eigenvalue weighted by Gasteiger charge is 2.35. The minimum absolute atomic E-state index is 0.0560. The van der Waals surface area contributed by atoms with Gasteiger partial charge < -0.3 is 10.0 Å². The molecule has 1 aromatic carbocycles. The molecule has 0 bridgehead atoms. The quantitative estimate of drug-likeness (QED) is 0.870. The summed E-state index contributed by atoms with van der Waals surface area (Å²) in [6.45, 7) is 2.29. The van der Waals surface area contributed by atoms with Gasteiger partial charge in [0.15, 0.2) is 11.6 Å². The zero-order valence-corrected chi connectivity index (χ0v) is 14.9. The molecule has 3 nitrogen and oxygen atoms in total. The van der Waals surface area contributed by atoms with Crippen molar-refractivity contribution in [3.63, 3.8) is 0 Å². The molecule has 2 aromatic rings. The number of aliphatic hydroxyl groups is 1. The molecule has 0 saturated carbocycles. The van der Waals surface area contributed by atoms with Crippen LogP contribution in [0.2, 0.25) is 0 Å². The first-order valence-corrected chi connectivity index (χ1v) is 9.23. The van der Waals surface area contributed by atoms with E-state index >= 15 is 0 Å². The van der Waals surface area contributed by atoms with E-state index in [1.54, 1.807) is 16.2 Å². The summed E-state index contributed by atoms with van der Waals surface area (Å²) in [5.41, 5.74) is 0.526. The van der Waals surface area contributed by atoms with Crippen LogP contribution in [0.15, 0.2) is 30.3 Å². The van der Waals surface area contributed by atoms with E-state index in [4.69, 9.17) is 0 Å². The summed E-state index contributed by atoms with van der Waals surface area (Å²) in [4.78, 5) is 16.7. The average molecular weight is 365 g/mol. The minimum Gasteiger partial charge on any atom is -0.391 e. The Hall–Kier alpha value is -1.79. The molecule has 0 unspecified atom stereocenters. The molecule has 134 valence electrons. The molecule has 0 aliphatic carbocycles. The zero-order chi connectivity index (χ0) is 18.0. The summed E-state index contributed by atoms with van der Waals surface area (Å²) < 4.78 is 26.7. The summed E-state index contributed by atoms with van der Waals surface area (Å²) in [6, 6.07) is 7.41. The van der Waals surface area contributed by atoms with Crippen LogP contribution in [0.5, 0.6) is 0 Å².